The highest BCUT2D eigenvalue weighted by Crippen LogP contribution is 2.43. The van der Waals surface area contributed by atoms with Crippen molar-refractivity contribution in [3.05, 3.63) is 107 Å². The van der Waals surface area contributed by atoms with E-state index >= 15 is 0 Å². The lowest BCUT2D eigenvalue weighted by Gasteiger charge is -2.11. The molecule has 0 saturated heterocycles. The zero-order valence-corrected chi connectivity index (χ0v) is 40.7. The first kappa shape index (κ1) is 54.0. The van der Waals surface area contributed by atoms with Gasteiger partial charge in [0.15, 0.2) is 11.6 Å². The molecular weight excluding hydrogens is 844 g/mol. The van der Waals surface area contributed by atoms with Crippen LogP contribution in [-0.2, 0) is 17.4 Å². The molecule has 1 unspecified atom stereocenters. The molecule has 0 aliphatic heterocycles. The van der Waals surface area contributed by atoms with Crippen LogP contribution in [0.2, 0.25) is 0 Å². The third-order valence-corrected chi connectivity index (χ3v) is 14.6. The van der Waals surface area contributed by atoms with Crippen molar-refractivity contribution >= 4 is 7.37 Å². The summed E-state index contributed by atoms with van der Waals surface area (Å²) in [4.78, 5) is 10.5. The fraction of sp³-hybridized carbons (Fsp3) is 0.571. The largest absolute Gasteiger partial charge is 0.493 e. The van der Waals surface area contributed by atoms with Crippen LogP contribution in [0.4, 0.5) is 17.6 Å². The maximum atomic E-state index is 14.9. The Morgan fingerprint density at radius 1 is 0.446 bits per heavy atom. The van der Waals surface area contributed by atoms with Crippen LogP contribution in [0, 0.1) is 23.3 Å². The minimum absolute atomic E-state index is 0.0370. The molecule has 65 heavy (non-hydrogen) atoms. The van der Waals surface area contributed by atoms with Gasteiger partial charge in [0, 0.05) is 35.1 Å². The first-order valence-electron chi connectivity index (χ1n) is 25.3. The van der Waals surface area contributed by atoms with E-state index in [4.69, 9.17) is 9.47 Å². The maximum absolute atomic E-state index is 14.9. The zero-order valence-electron chi connectivity index (χ0n) is 39.8. The van der Waals surface area contributed by atoms with Gasteiger partial charge in [0.25, 0.3) is 0 Å². The lowest BCUT2D eigenvalue weighted by Crippen LogP contribution is -2.02. The molecule has 0 fully saturated rings. The molecule has 4 rings (SSSR count). The summed E-state index contributed by atoms with van der Waals surface area (Å²) in [5.74, 6) is -2.26. The lowest BCUT2D eigenvalue weighted by atomic mass is 10.00. The number of hydrogen-bond acceptors (Lipinski definition) is 3. The molecule has 9 heteroatoms. The van der Waals surface area contributed by atoms with Crippen molar-refractivity contribution in [2.24, 2.45) is 0 Å². The summed E-state index contributed by atoms with van der Waals surface area (Å²) in [5.41, 5.74) is 3.59. The van der Waals surface area contributed by atoms with E-state index in [1.807, 2.05) is 30.3 Å². The van der Waals surface area contributed by atoms with Gasteiger partial charge in [-0.15, -0.1) is 0 Å². The molecule has 4 aromatic rings. The summed E-state index contributed by atoms with van der Waals surface area (Å²) in [5, 5.41) is 0. The summed E-state index contributed by atoms with van der Waals surface area (Å²) < 4.78 is 83.5. The first-order valence-corrected chi connectivity index (χ1v) is 27.4. The third-order valence-electron chi connectivity index (χ3n) is 12.5. The number of hydrogen-bond donors (Lipinski definition) is 1. The smallest absolute Gasteiger partial charge is 0.201 e. The molecule has 360 valence electrons. The van der Waals surface area contributed by atoms with Gasteiger partial charge in [-0.3, -0.25) is 4.57 Å². The van der Waals surface area contributed by atoms with Crippen LogP contribution >= 0.6 is 7.37 Å². The Labute approximate surface area is 389 Å². The van der Waals surface area contributed by atoms with Gasteiger partial charge < -0.3 is 14.4 Å². The molecule has 1 atom stereocenters. The highest BCUT2D eigenvalue weighted by molar-refractivity contribution is 7.57. The number of ether oxygens (including phenoxy) is 2. The molecular formula is C56H79F4O4P. The molecule has 0 aromatic heterocycles. The second-order valence-electron chi connectivity index (χ2n) is 18.2. The number of benzene rings is 4. The molecule has 0 bridgehead atoms. The number of unbranched alkanes of at least 4 members (excludes halogenated alkanes) is 20. The van der Waals surface area contributed by atoms with Crippen molar-refractivity contribution in [1.82, 2.24) is 0 Å². The third kappa shape index (κ3) is 20.8. The van der Waals surface area contributed by atoms with E-state index in [9.17, 15) is 27.0 Å². The van der Waals surface area contributed by atoms with Crippen LogP contribution in [0.3, 0.4) is 0 Å². The summed E-state index contributed by atoms with van der Waals surface area (Å²) in [6.45, 7) is 5.18. The number of aryl methyl sites for hydroxylation is 2. The molecule has 4 nitrogen and oxygen atoms in total. The highest BCUT2D eigenvalue weighted by atomic mass is 31.2. The fourth-order valence-corrected chi connectivity index (χ4v) is 10.2. The van der Waals surface area contributed by atoms with E-state index < -0.39 is 30.6 Å². The maximum Gasteiger partial charge on any atom is 0.201 e. The van der Waals surface area contributed by atoms with Crippen molar-refractivity contribution in [1.29, 1.82) is 0 Å². The summed E-state index contributed by atoms with van der Waals surface area (Å²) in [7, 11) is -3.05. The minimum atomic E-state index is -3.05. The van der Waals surface area contributed by atoms with Gasteiger partial charge in [0.05, 0.1) is 13.2 Å². The first-order chi connectivity index (χ1) is 31.6. The van der Waals surface area contributed by atoms with E-state index in [1.54, 1.807) is 24.3 Å². The van der Waals surface area contributed by atoms with Gasteiger partial charge >= 0.3 is 0 Å². The van der Waals surface area contributed by atoms with Gasteiger partial charge in [-0.05, 0) is 98.4 Å². The average Bonchev–Trinajstić information content (AvgIpc) is 3.29. The Bertz CT molecular complexity index is 1970. The van der Waals surface area contributed by atoms with Gasteiger partial charge in [0.1, 0.15) is 17.4 Å². The fourth-order valence-electron chi connectivity index (χ4n) is 8.49. The van der Waals surface area contributed by atoms with Crippen LogP contribution in [0.1, 0.15) is 179 Å². The Kier molecular flexibility index (Phi) is 26.1. The van der Waals surface area contributed by atoms with E-state index in [2.05, 4.69) is 13.8 Å². The van der Waals surface area contributed by atoms with E-state index in [0.29, 0.717) is 36.9 Å². The molecule has 0 saturated carbocycles. The second kappa shape index (κ2) is 31.4. The Morgan fingerprint density at radius 2 is 0.892 bits per heavy atom. The summed E-state index contributed by atoms with van der Waals surface area (Å²) in [6.07, 6.45) is 27.8. The standard InChI is InChI=1S/C56H79F4O4P/c1-3-5-21-27-45-29-32-47(33-30-45)49-37-38-54(56(60)55(49)59)64-40-24-18-14-10-8-12-16-20-26-42-65(61,62)41-25-19-15-11-7-9-13-17-23-39-63-48-34-36-51(53(58)44-48)50-35-31-46(43-52(50)57)28-22-6-4-2/h29-38,43-44H,3-28,39-42H2,1-2H3,(H,61,62). The molecule has 4 aromatic carbocycles. The molecule has 0 amide bonds. The van der Waals surface area contributed by atoms with Crippen molar-refractivity contribution in [3.8, 4) is 33.8 Å². The van der Waals surface area contributed by atoms with Crippen LogP contribution in [0.5, 0.6) is 11.5 Å². The monoisotopic (exact) mass is 923 g/mol. The van der Waals surface area contributed by atoms with Crippen molar-refractivity contribution in [3.63, 3.8) is 0 Å². The number of rotatable bonds is 36. The summed E-state index contributed by atoms with van der Waals surface area (Å²) >= 11 is 0. The van der Waals surface area contributed by atoms with Gasteiger partial charge in [-0.25, -0.2) is 13.2 Å². The van der Waals surface area contributed by atoms with Crippen LogP contribution in [-0.4, -0.2) is 30.4 Å². The van der Waals surface area contributed by atoms with Crippen LogP contribution < -0.4 is 9.47 Å². The second-order valence-corrected chi connectivity index (χ2v) is 20.7. The zero-order chi connectivity index (χ0) is 46.5. The SMILES string of the molecule is CCCCCc1ccc(-c2ccc(OCCCCCCCCCCCP(=O)(O)CCCCCCCCCCCOc3ccc(-c4ccc(CCCCC)cc4F)c(F)c3)c(F)c2F)cc1. The quantitative estimate of drug-likeness (QED) is 0.0281. The number of halogens is 4. The predicted molar refractivity (Wildman–Crippen MR) is 264 cm³/mol. The lowest BCUT2D eigenvalue weighted by molar-refractivity contribution is 0.285. The van der Waals surface area contributed by atoms with Crippen molar-refractivity contribution in [2.45, 2.75) is 181 Å². The molecule has 0 radical (unpaired) electrons. The van der Waals surface area contributed by atoms with E-state index in [-0.39, 0.29) is 22.4 Å². The van der Waals surface area contributed by atoms with Crippen LogP contribution in [0.15, 0.2) is 72.8 Å². The Balaban J connectivity index is 0.916. The Hall–Kier alpha value is -3.61. The van der Waals surface area contributed by atoms with Crippen LogP contribution in [0.25, 0.3) is 22.3 Å². The predicted octanol–water partition coefficient (Wildman–Crippen LogP) is 17.8. The van der Waals surface area contributed by atoms with E-state index in [0.717, 1.165) is 160 Å². The topological polar surface area (TPSA) is 55.8 Å². The minimum Gasteiger partial charge on any atom is -0.493 e. The van der Waals surface area contributed by atoms with Crippen molar-refractivity contribution < 1.29 is 36.5 Å². The molecule has 1 N–H and O–H groups in total. The van der Waals surface area contributed by atoms with Gasteiger partial charge in [0.2, 0.25) is 13.2 Å². The average molecular weight is 923 g/mol. The normalized spacial score (nSPS) is 12.4. The van der Waals surface area contributed by atoms with E-state index in [1.165, 1.54) is 36.6 Å². The molecule has 0 aliphatic carbocycles. The van der Waals surface area contributed by atoms with Gasteiger partial charge in [-0.2, -0.15) is 4.39 Å². The van der Waals surface area contributed by atoms with Gasteiger partial charge in [-0.1, -0.05) is 166 Å². The molecule has 0 heterocycles. The Morgan fingerprint density at radius 3 is 1.42 bits per heavy atom. The molecule has 0 aliphatic rings. The summed E-state index contributed by atoms with van der Waals surface area (Å²) in [6, 6.07) is 20.6. The van der Waals surface area contributed by atoms with Crippen molar-refractivity contribution in [2.75, 3.05) is 25.5 Å². The highest BCUT2D eigenvalue weighted by Gasteiger charge is 2.18. The molecule has 0 spiro atoms.